The van der Waals surface area contributed by atoms with Crippen molar-refractivity contribution in [3.63, 3.8) is 0 Å². The topological polar surface area (TPSA) is 29.4 Å². The zero-order valence-electron chi connectivity index (χ0n) is 12.6. The van der Waals surface area contributed by atoms with Gasteiger partial charge in [-0.3, -0.25) is 0 Å². The molecule has 0 spiro atoms. The summed E-state index contributed by atoms with van der Waals surface area (Å²) in [6, 6.07) is 6.41. The van der Waals surface area contributed by atoms with Crippen molar-refractivity contribution in [3.05, 3.63) is 23.9 Å². The third-order valence-electron chi connectivity index (χ3n) is 4.17. The van der Waals surface area contributed by atoms with Crippen molar-refractivity contribution in [2.75, 3.05) is 37.7 Å². The number of nitrogens with zero attached hydrogens (tertiary/aromatic N) is 2. The number of benzene rings is 1. The van der Waals surface area contributed by atoms with Crippen LogP contribution in [0.2, 0.25) is 0 Å². The summed E-state index contributed by atoms with van der Waals surface area (Å²) >= 11 is 0. The zero-order valence-corrected chi connectivity index (χ0v) is 12.6. The first-order valence-electron chi connectivity index (χ1n) is 7.40. The third kappa shape index (κ3) is 2.14. The summed E-state index contributed by atoms with van der Waals surface area (Å²) in [5, 5.41) is 4.72. The first-order valence-corrected chi connectivity index (χ1v) is 7.40. The van der Waals surface area contributed by atoms with Gasteiger partial charge in [0, 0.05) is 44.3 Å². The highest BCUT2D eigenvalue weighted by molar-refractivity contribution is 5.96. The second-order valence-corrected chi connectivity index (χ2v) is 5.34. The summed E-state index contributed by atoms with van der Waals surface area (Å²) in [6.07, 6.45) is 0. The molecule has 0 aliphatic carbocycles. The van der Waals surface area contributed by atoms with Gasteiger partial charge in [-0.2, -0.15) is 0 Å². The predicted octanol–water partition coefficient (Wildman–Crippen LogP) is 2.30. The minimum atomic E-state index is 0.709. The molecule has 20 heavy (non-hydrogen) atoms. The van der Waals surface area contributed by atoms with E-state index in [-0.39, 0.29) is 0 Å². The van der Waals surface area contributed by atoms with Crippen LogP contribution in [0, 0.1) is 6.92 Å². The molecule has 3 rings (SSSR count). The van der Waals surface area contributed by atoms with Crippen LogP contribution < -0.4 is 15.0 Å². The maximum atomic E-state index is 5.67. The number of hydrogen-bond donors (Lipinski definition) is 1. The van der Waals surface area contributed by atoms with E-state index in [2.05, 4.69) is 47.0 Å². The lowest BCUT2D eigenvalue weighted by atomic mass is 10.2. The van der Waals surface area contributed by atoms with Gasteiger partial charge in [0.2, 0.25) is 0 Å². The monoisotopic (exact) mass is 273 g/mol. The second kappa shape index (κ2) is 5.37. The molecule has 1 N–H and O–H groups in total. The van der Waals surface area contributed by atoms with Crippen molar-refractivity contribution >= 4 is 16.6 Å². The van der Waals surface area contributed by atoms with E-state index < -0.39 is 0 Å². The van der Waals surface area contributed by atoms with Crippen LogP contribution in [-0.2, 0) is 7.05 Å². The summed E-state index contributed by atoms with van der Waals surface area (Å²) < 4.78 is 7.95. The molecular weight excluding hydrogens is 250 g/mol. The number of fused-ring (bicyclic) bond motifs is 1. The minimum Gasteiger partial charge on any atom is -0.494 e. The number of hydrogen-bond acceptors (Lipinski definition) is 3. The minimum absolute atomic E-state index is 0.709. The Morgan fingerprint density at radius 2 is 2.00 bits per heavy atom. The van der Waals surface area contributed by atoms with Crippen LogP contribution >= 0.6 is 0 Å². The summed E-state index contributed by atoms with van der Waals surface area (Å²) in [4.78, 5) is 2.49. The molecule has 0 atom stereocenters. The molecule has 2 heterocycles. The van der Waals surface area contributed by atoms with Crippen molar-refractivity contribution in [2.45, 2.75) is 13.8 Å². The normalized spacial score (nSPS) is 15.8. The number of aromatic nitrogens is 1. The summed E-state index contributed by atoms with van der Waals surface area (Å²) in [5.74, 6) is 0.960. The first kappa shape index (κ1) is 13.3. The van der Waals surface area contributed by atoms with Gasteiger partial charge in [-0.15, -0.1) is 0 Å². The van der Waals surface area contributed by atoms with E-state index in [1.54, 1.807) is 0 Å². The van der Waals surface area contributed by atoms with Crippen LogP contribution in [0.25, 0.3) is 10.9 Å². The Morgan fingerprint density at radius 3 is 2.70 bits per heavy atom. The van der Waals surface area contributed by atoms with E-state index in [1.165, 1.54) is 22.3 Å². The van der Waals surface area contributed by atoms with E-state index in [9.17, 15) is 0 Å². The van der Waals surface area contributed by atoms with Gasteiger partial charge in [0.1, 0.15) is 5.75 Å². The lowest BCUT2D eigenvalue weighted by molar-refractivity contribution is 0.340. The second-order valence-electron chi connectivity index (χ2n) is 5.34. The molecule has 0 amide bonds. The van der Waals surface area contributed by atoms with Gasteiger partial charge >= 0.3 is 0 Å². The average molecular weight is 273 g/mol. The maximum Gasteiger partial charge on any atom is 0.120 e. The maximum absolute atomic E-state index is 5.67. The van der Waals surface area contributed by atoms with E-state index in [1.807, 2.05) is 6.92 Å². The van der Waals surface area contributed by atoms with Gasteiger partial charge in [0.05, 0.1) is 17.8 Å². The first-order chi connectivity index (χ1) is 9.72. The Balaban J connectivity index is 2.12. The molecule has 0 bridgehead atoms. The third-order valence-corrected chi connectivity index (χ3v) is 4.17. The van der Waals surface area contributed by atoms with Gasteiger partial charge in [0.25, 0.3) is 0 Å². The van der Waals surface area contributed by atoms with Crippen molar-refractivity contribution in [1.82, 2.24) is 9.88 Å². The van der Waals surface area contributed by atoms with Crippen LogP contribution in [-0.4, -0.2) is 37.4 Å². The number of anilines is 1. The smallest absolute Gasteiger partial charge is 0.120 e. The number of nitrogens with one attached hydrogen (secondary N) is 1. The Labute approximate surface area is 120 Å². The molecule has 0 radical (unpaired) electrons. The van der Waals surface area contributed by atoms with Crippen LogP contribution in [0.5, 0.6) is 5.75 Å². The van der Waals surface area contributed by atoms with E-state index >= 15 is 0 Å². The van der Waals surface area contributed by atoms with Gasteiger partial charge in [-0.1, -0.05) is 0 Å². The fourth-order valence-corrected chi connectivity index (χ4v) is 3.08. The van der Waals surface area contributed by atoms with E-state index in [0.717, 1.165) is 31.9 Å². The fraction of sp³-hybridized carbons (Fsp3) is 0.500. The largest absolute Gasteiger partial charge is 0.494 e. The molecule has 1 aromatic carbocycles. The van der Waals surface area contributed by atoms with Crippen molar-refractivity contribution in [1.29, 1.82) is 0 Å². The van der Waals surface area contributed by atoms with Crippen LogP contribution in [0.3, 0.4) is 0 Å². The van der Waals surface area contributed by atoms with Crippen molar-refractivity contribution < 1.29 is 4.74 Å². The van der Waals surface area contributed by atoms with Crippen LogP contribution in [0.15, 0.2) is 18.2 Å². The molecule has 4 nitrogen and oxygen atoms in total. The molecule has 0 saturated carbocycles. The van der Waals surface area contributed by atoms with Gasteiger partial charge < -0.3 is 19.5 Å². The number of rotatable bonds is 3. The summed E-state index contributed by atoms with van der Waals surface area (Å²) in [7, 11) is 2.14. The predicted molar refractivity (Wildman–Crippen MR) is 83.9 cm³/mol. The highest BCUT2D eigenvalue weighted by Gasteiger charge is 2.19. The Hall–Kier alpha value is -1.68. The molecule has 1 aliphatic rings. The van der Waals surface area contributed by atoms with Crippen molar-refractivity contribution in [2.24, 2.45) is 7.05 Å². The van der Waals surface area contributed by atoms with Crippen LogP contribution in [0.4, 0.5) is 5.69 Å². The van der Waals surface area contributed by atoms with Crippen LogP contribution in [0.1, 0.15) is 12.6 Å². The zero-order chi connectivity index (χ0) is 14.1. The molecule has 1 saturated heterocycles. The van der Waals surface area contributed by atoms with Gasteiger partial charge in [0.15, 0.2) is 0 Å². The molecule has 1 fully saturated rings. The Kier molecular flexibility index (Phi) is 3.57. The van der Waals surface area contributed by atoms with Gasteiger partial charge in [-0.25, -0.2) is 0 Å². The van der Waals surface area contributed by atoms with Crippen molar-refractivity contribution in [3.8, 4) is 5.75 Å². The Morgan fingerprint density at radius 1 is 1.25 bits per heavy atom. The molecular formula is C16H23N3O. The number of piperazine rings is 1. The number of aryl methyl sites for hydroxylation is 1. The lowest BCUT2D eigenvalue weighted by Crippen LogP contribution is -2.43. The summed E-state index contributed by atoms with van der Waals surface area (Å²) in [5.41, 5.74) is 3.97. The van der Waals surface area contributed by atoms with E-state index in [4.69, 9.17) is 4.74 Å². The molecule has 2 aromatic rings. The SMILES string of the molecule is CCOc1ccc2c(c1)c(N1CCNCC1)c(C)n2C. The fourth-order valence-electron chi connectivity index (χ4n) is 3.08. The highest BCUT2D eigenvalue weighted by Crippen LogP contribution is 2.35. The quantitative estimate of drug-likeness (QED) is 0.930. The molecule has 4 heteroatoms. The number of ether oxygens (including phenoxy) is 1. The lowest BCUT2D eigenvalue weighted by Gasteiger charge is -2.29. The molecule has 108 valence electrons. The average Bonchev–Trinajstić information content (AvgIpc) is 2.72. The van der Waals surface area contributed by atoms with Gasteiger partial charge in [-0.05, 0) is 32.0 Å². The molecule has 1 aromatic heterocycles. The van der Waals surface area contributed by atoms with E-state index in [0.29, 0.717) is 6.61 Å². The molecule has 0 unspecified atom stereocenters. The molecule has 1 aliphatic heterocycles. The standard InChI is InChI=1S/C16H23N3O/c1-4-20-13-5-6-15-14(11-13)16(12(2)18(15)3)19-9-7-17-8-10-19/h5-6,11,17H,4,7-10H2,1-3H3. The summed E-state index contributed by atoms with van der Waals surface area (Å²) in [6.45, 7) is 9.19. The Bertz CT molecular complexity index is 612. The highest BCUT2D eigenvalue weighted by atomic mass is 16.5.